The van der Waals surface area contributed by atoms with E-state index in [4.69, 9.17) is 4.42 Å². The molecule has 0 unspecified atom stereocenters. The van der Waals surface area contributed by atoms with Crippen molar-refractivity contribution in [3.63, 3.8) is 0 Å². The van der Waals surface area contributed by atoms with Crippen molar-refractivity contribution >= 4 is 29.0 Å². The first kappa shape index (κ1) is 11.8. The number of hydrogen-bond acceptors (Lipinski definition) is 6. The number of carbonyl (C=O) groups is 2. The first-order valence-electron chi connectivity index (χ1n) is 5.54. The van der Waals surface area contributed by atoms with Gasteiger partial charge in [0.15, 0.2) is 5.76 Å². The van der Waals surface area contributed by atoms with Crippen LogP contribution >= 0.6 is 11.3 Å². The van der Waals surface area contributed by atoms with Crippen LogP contribution in [0.5, 0.6) is 11.5 Å². The molecular formula is C12H9NO5S. The van der Waals surface area contributed by atoms with Gasteiger partial charge in [-0.15, -0.1) is 11.3 Å². The van der Waals surface area contributed by atoms with E-state index >= 15 is 0 Å². The van der Waals surface area contributed by atoms with Crippen molar-refractivity contribution in [1.29, 1.82) is 0 Å². The molecule has 0 aromatic carbocycles. The van der Waals surface area contributed by atoms with Gasteiger partial charge >= 0.3 is 0 Å². The van der Waals surface area contributed by atoms with E-state index in [9.17, 15) is 19.8 Å². The molecule has 0 aliphatic carbocycles. The Bertz CT molecular complexity index is 642. The highest BCUT2D eigenvalue weighted by Gasteiger charge is 2.37. The van der Waals surface area contributed by atoms with E-state index in [2.05, 4.69) is 0 Å². The van der Waals surface area contributed by atoms with Crippen molar-refractivity contribution in [2.45, 2.75) is 12.8 Å². The second kappa shape index (κ2) is 4.13. The normalized spacial score (nSPS) is 15.5. The van der Waals surface area contributed by atoms with Crippen LogP contribution in [0.15, 0.2) is 21.9 Å². The van der Waals surface area contributed by atoms with Gasteiger partial charge in [0.2, 0.25) is 23.3 Å². The van der Waals surface area contributed by atoms with Gasteiger partial charge in [0, 0.05) is 12.8 Å². The van der Waals surface area contributed by atoms with Gasteiger partial charge in [-0.2, -0.15) is 0 Å². The zero-order valence-electron chi connectivity index (χ0n) is 9.62. The molecular weight excluding hydrogens is 270 g/mol. The molecule has 0 spiro atoms. The van der Waals surface area contributed by atoms with Gasteiger partial charge in [0.05, 0.1) is 4.88 Å². The number of anilines is 1. The second-order valence-corrected chi connectivity index (χ2v) is 4.98. The molecule has 3 rings (SSSR count). The third-order valence-electron chi connectivity index (χ3n) is 2.84. The van der Waals surface area contributed by atoms with Crippen LogP contribution in [0.1, 0.15) is 12.8 Å². The number of nitrogens with zero attached hydrogens (tertiary/aromatic N) is 1. The van der Waals surface area contributed by atoms with Crippen molar-refractivity contribution in [3.8, 4) is 22.1 Å². The number of carbonyl (C=O) groups excluding carboxylic acids is 2. The molecule has 1 aliphatic rings. The van der Waals surface area contributed by atoms with E-state index in [1.54, 1.807) is 17.5 Å². The topological polar surface area (TPSA) is 91.0 Å². The van der Waals surface area contributed by atoms with E-state index in [-0.39, 0.29) is 24.5 Å². The SMILES string of the molecule is O=C1CCC(=O)N1c1oc(-c2cccs2)c(O)c1O. The summed E-state index contributed by atoms with van der Waals surface area (Å²) in [6.07, 6.45) is 0.155. The van der Waals surface area contributed by atoms with Crippen molar-refractivity contribution in [3.05, 3.63) is 17.5 Å². The van der Waals surface area contributed by atoms with Crippen molar-refractivity contribution in [2.24, 2.45) is 0 Å². The summed E-state index contributed by atoms with van der Waals surface area (Å²) < 4.78 is 5.31. The van der Waals surface area contributed by atoms with Gasteiger partial charge in [0.1, 0.15) is 0 Å². The number of thiophene rings is 1. The Morgan fingerprint density at radius 2 is 1.84 bits per heavy atom. The molecule has 7 heteroatoms. The Labute approximate surface area is 111 Å². The molecule has 0 atom stereocenters. The summed E-state index contributed by atoms with van der Waals surface area (Å²) in [5.74, 6) is -2.22. The number of amides is 2. The Kier molecular flexibility index (Phi) is 2.56. The van der Waals surface area contributed by atoms with Crippen LogP contribution in [0.3, 0.4) is 0 Å². The largest absolute Gasteiger partial charge is 0.502 e. The van der Waals surface area contributed by atoms with Gasteiger partial charge < -0.3 is 14.6 Å². The number of rotatable bonds is 2. The molecule has 0 radical (unpaired) electrons. The molecule has 1 aliphatic heterocycles. The zero-order chi connectivity index (χ0) is 13.6. The smallest absolute Gasteiger partial charge is 0.256 e. The highest BCUT2D eigenvalue weighted by atomic mass is 32.1. The molecule has 3 heterocycles. The molecule has 2 aromatic heterocycles. The minimum Gasteiger partial charge on any atom is -0.502 e. The zero-order valence-corrected chi connectivity index (χ0v) is 10.4. The van der Waals surface area contributed by atoms with Gasteiger partial charge in [-0.3, -0.25) is 9.59 Å². The van der Waals surface area contributed by atoms with E-state index < -0.39 is 23.3 Å². The average molecular weight is 279 g/mol. The molecule has 0 bridgehead atoms. The Balaban J connectivity index is 2.11. The van der Waals surface area contributed by atoms with Crippen LogP contribution in [0, 0.1) is 0 Å². The molecule has 2 aromatic rings. The van der Waals surface area contributed by atoms with Crippen LogP contribution in [0.25, 0.3) is 10.6 Å². The summed E-state index contributed by atoms with van der Waals surface area (Å²) in [5.41, 5.74) is 0. The van der Waals surface area contributed by atoms with Gasteiger partial charge in [-0.05, 0) is 11.4 Å². The molecule has 2 amide bonds. The van der Waals surface area contributed by atoms with E-state index in [0.29, 0.717) is 4.88 Å². The first-order valence-corrected chi connectivity index (χ1v) is 6.42. The lowest BCUT2D eigenvalue weighted by Crippen LogP contribution is -2.28. The second-order valence-electron chi connectivity index (χ2n) is 4.03. The van der Waals surface area contributed by atoms with Crippen LogP contribution in [-0.4, -0.2) is 22.0 Å². The van der Waals surface area contributed by atoms with Crippen LogP contribution in [-0.2, 0) is 9.59 Å². The standard InChI is InChI=1S/C12H9NO5S/c14-7-3-4-8(15)13(7)12-10(17)9(16)11(18-12)6-2-1-5-19-6/h1-2,5,16-17H,3-4H2. The summed E-state index contributed by atoms with van der Waals surface area (Å²) in [5, 5.41) is 21.4. The van der Waals surface area contributed by atoms with Crippen molar-refractivity contribution in [1.82, 2.24) is 0 Å². The lowest BCUT2D eigenvalue weighted by molar-refractivity contribution is -0.121. The highest BCUT2D eigenvalue weighted by molar-refractivity contribution is 7.13. The molecule has 98 valence electrons. The number of aromatic hydroxyl groups is 2. The molecule has 1 fully saturated rings. The van der Waals surface area contributed by atoms with Gasteiger partial charge in [-0.1, -0.05) is 6.07 Å². The number of furan rings is 1. The first-order chi connectivity index (χ1) is 9.09. The lowest BCUT2D eigenvalue weighted by atomic mass is 10.3. The third-order valence-corrected chi connectivity index (χ3v) is 3.71. The van der Waals surface area contributed by atoms with Gasteiger partial charge in [-0.25, -0.2) is 4.90 Å². The maximum atomic E-state index is 11.6. The summed E-state index contributed by atoms with van der Waals surface area (Å²) in [6, 6.07) is 3.45. The monoisotopic (exact) mass is 279 g/mol. The van der Waals surface area contributed by atoms with Gasteiger partial charge in [0.25, 0.3) is 5.88 Å². The third kappa shape index (κ3) is 1.70. The van der Waals surface area contributed by atoms with Crippen LogP contribution in [0.2, 0.25) is 0 Å². The predicted octanol–water partition coefficient (Wildman–Crippen LogP) is 2.07. The summed E-state index contributed by atoms with van der Waals surface area (Å²) in [6.45, 7) is 0. The molecule has 19 heavy (non-hydrogen) atoms. The fourth-order valence-electron chi connectivity index (χ4n) is 1.93. The van der Waals surface area contributed by atoms with E-state index in [1.807, 2.05) is 0 Å². The molecule has 2 N–H and O–H groups in total. The number of hydrogen-bond donors (Lipinski definition) is 2. The fourth-order valence-corrected chi connectivity index (χ4v) is 2.64. The molecule has 1 saturated heterocycles. The summed E-state index contributed by atoms with van der Waals surface area (Å²) >= 11 is 1.30. The van der Waals surface area contributed by atoms with E-state index in [1.165, 1.54) is 11.3 Å². The fraction of sp³-hybridized carbons (Fsp3) is 0.167. The van der Waals surface area contributed by atoms with Crippen LogP contribution < -0.4 is 4.90 Å². The van der Waals surface area contributed by atoms with Crippen molar-refractivity contribution in [2.75, 3.05) is 4.90 Å². The lowest BCUT2D eigenvalue weighted by Gasteiger charge is -2.09. The van der Waals surface area contributed by atoms with Crippen molar-refractivity contribution < 1.29 is 24.2 Å². The Morgan fingerprint density at radius 1 is 1.16 bits per heavy atom. The molecule has 0 saturated carbocycles. The maximum Gasteiger partial charge on any atom is 0.256 e. The Morgan fingerprint density at radius 3 is 2.42 bits per heavy atom. The Hall–Kier alpha value is -2.28. The average Bonchev–Trinajstić information content (AvgIpc) is 3.06. The maximum absolute atomic E-state index is 11.6. The quantitative estimate of drug-likeness (QED) is 0.821. The summed E-state index contributed by atoms with van der Waals surface area (Å²) in [4.78, 5) is 24.6. The van der Waals surface area contributed by atoms with E-state index in [0.717, 1.165) is 4.90 Å². The predicted molar refractivity (Wildman–Crippen MR) is 67.1 cm³/mol. The minimum atomic E-state index is -0.591. The van der Waals surface area contributed by atoms with Crippen LogP contribution in [0.4, 0.5) is 5.88 Å². The minimum absolute atomic E-state index is 0.0509. The highest BCUT2D eigenvalue weighted by Crippen LogP contribution is 2.48. The molecule has 6 nitrogen and oxygen atoms in total. The summed E-state index contributed by atoms with van der Waals surface area (Å²) in [7, 11) is 0. The number of imide groups is 1.